The van der Waals surface area contributed by atoms with Gasteiger partial charge in [-0.15, -0.1) is 10.2 Å². The third-order valence-corrected chi connectivity index (χ3v) is 6.05. The van der Waals surface area contributed by atoms with Gasteiger partial charge in [-0.05, 0) is 24.6 Å². The van der Waals surface area contributed by atoms with Gasteiger partial charge in [-0.25, -0.2) is 9.37 Å². The van der Waals surface area contributed by atoms with Gasteiger partial charge in [0.1, 0.15) is 23.7 Å². The number of aromatic nitrogens is 5. The summed E-state index contributed by atoms with van der Waals surface area (Å²) in [6.07, 6.45) is 4.49. The van der Waals surface area contributed by atoms with E-state index in [-0.39, 0.29) is 11.7 Å². The molecule has 31 heavy (non-hydrogen) atoms. The molecule has 0 unspecified atom stereocenters. The average Bonchev–Trinajstić information content (AvgIpc) is 3.50. The fourth-order valence-corrected chi connectivity index (χ4v) is 4.50. The summed E-state index contributed by atoms with van der Waals surface area (Å²) in [7, 11) is 1.96. The van der Waals surface area contributed by atoms with E-state index in [1.165, 1.54) is 6.07 Å². The number of benzene rings is 1. The van der Waals surface area contributed by atoms with E-state index >= 15 is 0 Å². The topological polar surface area (TPSA) is 78.5 Å². The highest BCUT2D eigenvalue weighted by molar-refractivity contribution is 5.79. The summed E-state index contributed by atoms with van der Waals surface area (Å²) < 4.78 is 30.6. The number of ether oxygens (including phenoxy) is 2. The number of hydrogen-bond donors (Lipinski definition) is 1. The van der Waals surface area contributed by atoms with Gasteiger partial charge in [0.15, 0.2) is 17.2 Å². The highest BCUT2D eigenvalue weighted by Gasteiger charge is 2.32. The molecule has 0 radical (unpaired) electrons. The van der Waals surface area contributed by atoms with Crippen LogP contribution in [0.3, 0.4) is 0 Å². The Labute approximate surface area is 177 Å². The lowest BCUT2D eigenvalue weighted by Crippen LogP contribution is -2.13. The van der Waals surface area contributed by atoms with E-state index in [2.05, 4.69) is 22.4 Å². The number of imidazole rings is 1. The van der Waals surface area contributed by atoms with Crippen molar-refractivity contribution in [2.24, 2.45) is 7.05 Å². The summed E-state index contributed by atoms with van der Waals surface area (Å²) in [5.74, 6) is 2.57. The highest BCUT2D eigenvalue weighted by atomic mass is 19.1. The van der Waals surface area contributed by atoms with Crippen molar-refractivity contribution in [3.63, 3.8) is 0 Å². The molecule has 0 saturated carbocycles. The van der Waals surface area contributed by atoms with Crippen LogP contribution in [0.5, 0.6) is 11.5 Å². The first-order valence-electron chi connectivity index (χ1n) is 10.3. The molecule has 1 N–H and O–H groups in total. The molecule has 0 fully saturated rings. The standard InChI is InChI=1S/C22H21FN6O2/c1-3-13-8-28(2)20(26-13)14-6-18-22(29-11-25-27-21(14)29)24-7-15-16(23)4-5-17-19(15)12(9-30-17)10-31-18/h4-6,8,11-12,24H,3,7,9-10H2,1-2H3/t12-/m1/s1. The summed E-state index contributed by atoms with van der Waals surface area (Å²) in [4.78, 5) is 4.76. The largest absolute Gasteiger partial charge is 0.493 e. The monoisotopic (exact) mass is 420 g/mol. The van der Waals surface area contributed by atoms with Crippen LogP contribution in [0.2, 0.25) is 0 Å². The first kappa shape index (κ1) is 18.2. The minimum Gasteiger partial charge on any atom is -0.493 e. The highest BCUT2D eigenvalue weighted by Crippen LogP contribution is 2.41. The molecular weight excluding hydrogens is 399 g/mol. The van der Waals surface area contributed by atoms with Crippen LogP contribution in [0.25, 0.3) is 17.0 Å². The molecule has 1 aromatic carbocycles. The van der Waals surface area contributed by atoms with Gasteiger partial charge < -0.3 is 19.4 Å². The van der Waals surface area contributed by atoms with Crippen molar-refractivity contribution in [3.05, 3.63) is 53.4 Å². The Hall–Kier alpha value is -3.62. The van der Waals surface area contributed by atoms with Gasteiger partial charge in [0.2, 0.25) is 0 Å². The molecule has 4 aromatic rings. The molecule has 0 aliphatic carbocycles. The van der Waals surface area contributed by atoms with Crippen LogP contribution in [0.1, 0.15) is 29.7 Å². The van der Waals surface area contributed by atoms with Crippen molar-refractivity contribution in [1.82, 2.24) is 24.1 Å². The zero-order valence-corrected chi connectivity index (χ0v) is 17.2. The second-order valence-corrected chi connectivity index (χ2v) is 7.93. The van der Waals surface area contributed by atoms with E-state index in [0.29, 0.717) is 42.5 Å². The summed E-state index contributed by atoms with van der Waals surface area (Å²) in [5.41, 5.74) is 3.98. The van der Waals surface area contributed by atoms with Gasteiger partial charge in [-0.1, -0.05) is 6.92 Å². The third kappa shape index (κ3) is 2.69. The molecule has 8 nitrogen and oxygen atoms in total. The average molecular weight is 420 g/mol. The van der Waals surface area contributed by atoms with Crippen molar-refractivity contribution < 1.29 is 13.9 Å². The van der Waals surface area contributed by atoms with E-state index in [1.807, 2.05) is 28.3 Å². The van der Waals surface area contributed by atoms with E-state index in [4.69, 9.17) is 14.5 Å². The van der Waals surface area contributed by atoms with E-state index in [1.54, 1.807) is 12.4 Å². The van der Waals surface area contributed by atoms with Crippen molar-refractivity contribution in [2.45, 2.75) is 25.8 Å². The minimum atomic E-state index is -0.248. The number of nitrogens with zero attached hydrogens (tertiary/aromatic N) is 5. The second kappa shape index (κ2) is 6.69. The lowest BCUT2D eigenvalue weighted by molar-refractivity contribution is 0.249. The zero-order valence-electron chi connectivity index (χ0n) is 17.2. The predicted octanol–water partition coefficient (Wildman–Crippen LogP) is 3.31. The van der Waals surface area contributed by atoms with Gasteiger partial charge in [0, 0.05) is 30.9 Å². The molecule has 3 aromatic heterocycles. The number of rotatable bonds is 2. The van der Waals surface area contributed by atoms with Crippen LogP contribution in [-0.2, 0) is 20.0 Å². The number of hydrogen-bond acceptors (Lipinski definition) is 6. The Morgan fingerprint density at radius 3 is 2.87 bits per heavy atom. The zero-order chi connectivity index (χ0) is 21.1. The van der Waals surface area contributed by atoms with Crippen molar-refractivity contribution in [2.75, 3.05) is 18.5 Å². The minimum absolute atomic E-state index is 0.0339. The second-order valence-electron chi connectivity index (χ2n) is 7.93. The van der Waals surface area contributed by atoms with E-state index in [0.717, 1.165) is 34.8 Å². The van der Waals surface area contributed by atoms with Crippen molar-refractivity contribution in [3.8, 4) is 22.9 Å². The first-order chi connectivity index (χ1) is 15.1. The molecule has 6 rings (SSSR count). The number of aryl methyl sites for hydroxylation is 2. The van der Waals surface area contributed by atoms with Gasteiger partial charge in [0.25, 0.3) is 0 Å². The van der Waals surface area contributed by atoms with Crippen LogP contribution >= 0.6 is 0 Å². The van der Waals surface area contributed by atoms with Gasteiger partial charge >= 0.3 is 0 Å². The maximum atomic E-state index is 14.7. The number of pyridine rings is 1. The molecule has 2 aliphatic rings. The van der Waals surface area contributed by atoms with Crippen LogP contribution < -0.4 is 14.8 Å². The van der Waals surface area contributed by atoms with Gasteiger partial charge in [-0.3, -0.25) is 4.40 Å². The Balaban J connectivity index is 1.52. The Morgan fingerprint density at radius 1 is 1.23 bits per heavy atom. The van der Waals surface area contributed by atoms with Gasteiger partial charge in [-0.2, -0.15) is 0 Å². The van der Waals surface area contributed by atoms with E-state index < -0.39 is 0 Å². The molecule has 2 aliphatic heterocycles. The molecule has 1 atom stereocenters. The van der Waals surface area contributed by atoms with E-state index in [9.17, 15) is 4.39 Å². The fourth-order valence-electron chi connectivity index (χ4n) is 4.50. The number of fused-ring (bicyclic) bond motifs is 3. The molecule has 0 saturated heterocycles. The molecule has 0 bridgehead atoms. The van der Waals surface area contributed by atoms with Crippen LogP contribution in [0.4, 0.5) is 10.2 Å². The smallest absolute Gasteiger partial charge is 0.173 e. The third-order valence-electron chi connectivity index (χ3n) is 6.05. The molecule has 0 spiro atoms. The number of anilines is 1. The van der Waals surface area contributed by atoms with Crippen LogP contribution in [0, 0.1) is 5.82 Å². The molecular formula is C22H21FN6O2. The Bertz CT molecular complexity index is 1330. The maximum absolute atomic E-state index is 14.7. The summed E-state index contributed by atoms with van der Waals surface area (Å²) in [5, 5.41) is 11.8. The van der Waals surface area contributed by atoms with Gasteiger partial charge in [0.05, 0.1) is 30.4 Å². The molecule has 0 amide bonds. The quantitative estimate of drug-likeness (QED) is 0.536. The summed E-state index contributed by atoms with van der Waals surface area (Å²) in [6, 6.07) is 5.10. The van der Waals surface area contributed by atoms with Crippen LogP contribution in [-0.4, -0.2) is 37.4 Å². The molecule has 9 heteroatoms. The SMILES string of the molecule is CCc1cn(C)c(-c2cc3c(n4cnnc24)NCc2c(F)ccc4c2[C@H](CO4)CO3)n1. The first-order valence-corrected chi connectivity index (χ1v) is 10.3. The Kier molecular flexibility index (Phi) is 3.92. The normalized spacial score (nSPS) is 17.1. The molecule has 5 heterocycles. The fraction of sp³-hybridized carbons (Fsp3) is 0.318. The van der Waals surface area contributed by atoms with Crippen molar-refractivity contribution in [1.29, 1.82) is 0 Å². The lowest BCUT2D eigenvalue weighted by Gasteiger charge is -2.16. The molecule has 158 valence electrons. The number of nitrogens with one attached hydrogen (secondary N) is 1. The summed E-state index contributed by atoms with van der Waals surface area (Å²) in [6.45, 7) is 3.23. The lowest BCUT2D eigenvalue weighted by atomic mass is 9.96. The van der Waals surface area contributed by atoms with Crippen LogP contribution in [0.15, 0.2) is 30.7 Å². The van der Waals surface area contributed by atoms with Crippen molar-refractivity contribution >= 4 is 11.5 Å². The Morgan fingerprint density at radius 2 is 2.06 bits per heavy atom. The summed E-state index contributed by atoms with van der Waals surface area (Å²) >= 11 is 0. The predicted molar refractivity (Wildman–Crippen MR) is 112 cm³/mol. The number of halogens is 1. The maximum Gasteiger partial charge on any atom is 0.173 e.